The molecule has 0 aromatic rings. The summed E-state index contributed by atoms with van der Waals surface area (Å²) in [6.45, 7) is 1.65. The van der Waals surface area contributed by atoms with Gasteiger partial charge in [0.25, 0.3) is 0 Å². The van der Waals surface area contributed by atoms with Crippen molar-refractivity contribution in [2.75, 3.05) is 20.1 Å². The third kappa shape index (κ3) is 2.90. The van der Waals surface area contributed by atoms with Crippen LogP contribution in [0.3, 0.4) is 0 Å². The molecular weight excluding hydrogens is 192 g/mol. The number of hydrogen-bond acceptors (Lipinski definition) is 2. The minimum atomic E-state index is -2.77. The zero-order valence-corrected chi connectivity index (χ0v) is 8.33. The van der Waals surface area contributed by atoms with E-state index in [0.717, 1.165) is 6.92 Å². The summed E-state index contributed by atoms with van der Waals surface area (Å²) in [6, 6.07) is 0. The van der Waals surface area contributed by atoms with Crippen LogP contribution in [0, 0.1) is 11.8 Å². The first kappa shape index (κ1) is 11.4. The molecule has 82 valence electrons. The SMILES string of the molecule is CN1CC(CC(C)(F)F)C(C(=O)O)C1. The lowest BCUT2D eigenvalue weighted by molar-refractivity contribution is -0.143. The number of rotatable bonds is 3. The fraction of sp³-hybridized carbons (Fsp3) is 0.889. The summed E-state index contributed by atoms with van der Waals surface area (Å²) in [4.78, 5) is 12.6. The number of carboxylic acid groups (broad SMARTS) is 1. The highest BCUT2D eigenvalue weighted by molar-refractivity contribution is 5.71. The average Bonchev–Trinajstić information content (AvgIpc) is 2.27. The Morgan fingerprint density at radius 1 is 1.57 bits per heavy atom. The number of alkyl halides is 2. The van der Waals surface area contributed by atoms with Crippen molar-refractivity contribution in [3.63, 3.8) is 0 Å². The predicted molar refractivity (Wildman–Crippen MR) is 47.4 cm³/mol. The van der Waals surface area contributed by atoms with Crippen LogP contribution in [0.2, 0.25) is 0 Å². The van der Waals surface area contributed by atoms with Crippen LogP contribution >= 0.6 is 0 Å². The van der Waals surface area contributed by atoms with E-state index in [0.29, 0.717) is 13.1 Å². The molecule has 1 heterocycles. The van der Waals surface area contributed by atoms with Gasteiger partial charge in [0.2, 0.25) is 5.92 Å². The van der Waals surface area contributed by atoms with E-state index in [4.69, 9.17) is 5.11 Å². The van der Waals surface area contributed by atoms with E-state index in [1.165, 1.54) is 0 Å². The van der Waals surface area contributed by atoms with Crippen LogP contribution in [0.4, 0.5) is 8.78 Å². The summed E-state index contributed by atoms with van der Waals surface area (Å²) >= 11 is 0. The van der Waals surface area contributed by atoms with Gasteiger partial charge in [-0.3, -0.25) is 4.79 Å². The van der Waals surface area contributed by atoms with E-state index in [1.807, 2.05) is 0 Å². The summed E-state index contributed by atoms with van der Waals surface area (Å²) in [5.74, 6) is -4.82. The van der Waals surface area contributed by atoms with Gasteiger partial charge in [-0.15, -0.1) is 0 Å². The highest BCUT2D eigenvalue weighted by Crippen LogP contribution is 2.32. The Hall–Kier alpha value is -0.710. The maximum absolute atomic E-state index is 12.7. The molecule has 0 radical (unpaired) electrons. The lowest BCUT2D eigenvalue weighted by Crippen LogP contribution is -2.27. The lowest BCUT2D eigenvalue weighted by Gasteiger charge is -2.18. The third-order valence-corrected chi connectivity index (χ3v) is 2.56. The first-order valence-corrected chi connectivity index (χ1v) is 4.59. The Kier molecular flexibility index (Phi) is 3.09. The molecule has 3 nitrogen and oxygen atoms in total. The van der Waals surface area contributed by atoms with Gasteiger partial charge in [-0.2, -0.15) is 0 Å². The molecule has 0 spiro atoms. The molecular formula is C9H15F2NO2. The largest absolute Gasteiger partial charge is 0.481 e. The molecule has 0 saturated carbocycles. The summed E-state index contributed by atoms with van der Waals surface area (Å²) in [5.41, 5.74) is 0. The molecule has 5 heteroatoms. The molecule has 2 atom stereocenters. The number of hydrogen-bond donors (Lipinski definition) is 1. The Morgan fingerprint density at radius 3 is 2.57 bits per heavy atom. The van der Waals surface area contributed by atoms with Crippen molar-refractivity contribution in [1.82, 2.24) is 4.90 Å². The number of carboxylic acids is 1. The van der Waals surface area contributed by atoms with Gasteiger partial charge in [0.1, 0.15) is 0 Å². The maximum atomic E-state index is 12.7. The molecule has 0 aliphatic carbocycles. The molecule has 1 fully saturated rings. The fourth-order valence-electron chi connectivity index (χ4n) is 2.03. The van der Waals surface area contributed by atoms with Crippen LogP contribution in [0.15, 0.2) is 0 Å². The smallest absolute Gasteiger partial charge is 0.308 e. The second-order valence-electron chi connectivity index (χ2n) is 4.20. The Bertz CT molecular complexity index is 227. The Labute approximate surface area is 81.7 Å². The van der Waals surface area contributed by atoms with Crippen molar-refractivity contribution in [2.24, 2.45) is 11.8 Å². The van der Waals surface area contributed by atoms with Gasteiger partial charge >= 0.3 is 5.97 Å². The van der Waals surface area contributed by atoms with Crippen LogP contribution in [0.25, 0.3) is 0 Å². The van der Waals surface area contributed by atoms with Gasteiger partial charge in [-0.1, -0.05) is 0 Å². The van der Waals surface area contributed by atoms with Gasteiger partial charge < -0.3 is 10.0 Å². The molecule has 0 aromatic carbocycles. The zero-order chi connectivity index (χ0) is 10.9. The lowest BCUT2D eigenvalue weighted by atomic mass is 9.91. The average molecular weight is 207 g/mol. The topological polar surface area (TPSA) is 40.5 Å². The number of aliphatic carboxylic acids is 1. The van der Waals surface area contributed by atoms with E-state index < -0.39 is 23.7 Å². The van der Waals surface area contributed by atoms with Gasteiger partial charge in [0.05, 0.1) is 5.92 Å². The van der Waals surface area contributed by atoms with Gasteiger partial charge in [0, 0.05) is 19.5 Å². The van der Waals surface area contributed by atoms with E-state index in [1.54, 1.807) is 11.9 Å². The number of nitrogens with zero attached hydrogens (tertiary/aromatic N) is 1. The highest BCUT2D eigenvalue weighted by atomic mass is 19.3. The second kappa shape index (κ2) is 3.81. The molecule has 1 saturated heterocycles. The molecule has 2 unspecified atom stereocenters. The zero-order valence-electron chi connectivity index (χ0n) is 8.33. The van der Waals surface area contributed by atoms with Gasteiger partial charge in [0.15, 0.2) is 0 Å². The van der Waals surface area contributed by atoms with Crippen LogP contribution in [0.5, 0.6) is 0 Å². The van der Waals surface area contributed by atoms with Crippen LogP contribution in [-0.2, 0) is 4.79 Å². The number of halogens is 2. The quantitative estimate of drug-likeness (QED) is 0.758. The van der Waals surface area contributed by atoms with Gasteiger partial charge in [-0.05, 0) is 19.9 Å². The van der Waals surface area contributed by atoms with Crippen molar-refractivity contribution >= 4 is 5.97 Å². The van der Waals surface area contributed by atoms with E-state index in [-0.39, 0.29) is 6.42 Å². The monoisotopic (exact) mass is 207 g/mol. The Balaban J connectivity index is 2.62. The van der Waals surface area contributed by atoms with Crippen molar-refractivity contribution in [1.29, 1.82) is 0 Å². The molecule has 1 rings (SSSR count). The third-order valence-electron chi connectivity index (χ3n) is 2.56. The van der Waals surface area contributed by atoms with Crippen molar-refractivity contribution in [3.05, 3.63) is 0 Å². The highest BCUT2D eigenvalue weighted by Gasteiger charge is 2.40. The van der Waals surface area contributed by atoms with Crippen LogP contribution < -0.4 is 0 Å². The molecule has 1 aliphatic rings. The first-order chi connectivity index (χ1) is 6.29. The van der Waals surface area contributed by atoms with Crippen LogP contribution in [-0.4, -0.2) is 42.0 Å². The first-order valence-electron chi connectivity index (χ1n) is 4.59. The standard InChI is InChI=1S/C9H15F2NO2/c1-9(10,11)3-6-4-12(2)5-7(6)8(13)14/h6-7H,3-5H2,1-2H3,(H,13,14). The normalized spacial score (nSPS) is 29.4. The summed E-state index contributed by atoms with van der Waals surface area (Å²) in [6.07, 6.45) is -0.339. The summed E-state index contributed by atoms with van der Waals surface area (Å²) < 4.78 is 25.5. The van der Waals surface area contributed by atoms with Gasteiger partial charge in [-0.25, -0.2) is 8.78 Å². The summed E-state index contributed by atoms with van der Waals surface area (Å²) in [7, 11) is 1.75. The fourth-order valence-corrected chi connectivity index (χ4v) is 2.03. The minimum absolute atomic E-state index is 0.339. The molecule has 14 heavy (non-hydrogen) atoms. The van der Waals surface area contributed by atoms with E-state index >= 15 is 0 Å². The van der Waals surface area contributed by atoms with E-state index in [2.05, 4.69) is 0 Å². The second-order valence-corrected chi connectivity index (χ2v) is 4.20. The molecule has 0 aromatic heterocycles. The molecule has 1 N–H and O–H groups in total. The maximum Gasteiger partial charge on any atom is 0.308 e. The Morgan fingerprint density at radius 2 is 2.14 bits per heavy atom. The van der Waals surface area contributed by atoms with Crippen molar-refractivity contribution < 1.29 is 18.7 Å². The van der Waals surface area contributed by atoms with E-state index in [9.17, 15) is 13.6 Å². The minimum Gasteiger partial charge on any atom is -0.481 e. The molecule has 0 bridgehead atoms. The summed E-state index contributed by atoms with van der Waals surface area (Å²) in [5, 5.41) is 8.83. The molecule has 1 aliphatic heterocycles. The van der Waals surface area contributed by atoms with Crippen LogP contribution in [0.1, 0.15) is 13.3 Å². The van der Waals surface area contributed by atoms with Crippen molar-refractivity contribution in [3.8, 4) is 0 Å². The predicted octanol–water partition coefficient (Wildman–Crippen LogP) is 1.29. The molecule has 0 amide bonds. The number of likely N-dealkylation sites (tertiary alicyclic amines) is 1. The van der Waals surface area contributed by atoms with Crippen molar-refractivity contribution in [2.45, 2.75) is 19.3 Å². The number of carbonyl (C=O) groups is 1.